The van der Waals surface area contributed by atoms with Gasteiger partial charge in [-0.1, -0.05) is 12.1 Å². The van der Waals surface area contributed by atoms with Crippen molar-refractivity contribution in [2.24, 2.45) is 0 Å². The molecule has 0 radical (unpaired) electrons. The molecule has 0 saturated carbocycles. The molecule has 0 aliphatic carbocycles. The summed E-state index contributed by atoms with van der Waals surface area (Å²) in [4.78, 5) is 25.3. The summed E-state index contributed by atoms with van der Waals surface area (Å²) in [5.41, 5.74) is 0.838. The number of rotatable bonds is 3. The molecular formula is C12H11NO4. The first-order chi connectivity index (χ1) is 8.13. The summed E-state index contributed by atoms with van der Waals surface area (Å²) in [6.07, 6.45) is 0. The normalized spacial score (nSPS) is 10.6. The average molecular weight is 233 g/mol. The van der Waals surface area contributed by atoms with E-state index in [4.69, 9.17) is 9.84 Å². The molecule has 0 unspecified atom stereocenters. The fourth-order valence-electron chi connectivity index (χ4n) is 1.72. The molecule has 2 N–H and O–H groups in total. The maximum atomic E-state index is 11.7. The number of ether oxygens (including phenoxy) is 1. The third kappa shape index (κ3) is 2.05. The first-order valence-corrected chi connectivity index (χ1v) is 5.00. The summed E-state index contributed by atoms with van der Waals surface area (Å²) >= 11 is 0. The van der Waals surface area contributed by atoms with Crippen LogP contribution in [-0.4, -0.2) is 23.2 Å². The van der Waals surface area contributed by atoms with Crippen LogP contribution in [0.15, 0.2) is 29.1 Å². The van der Waals surface area contributed by atoms with E-state index in [-0.39, 0.29) is 11.1 Å². The lowest BCUT2D eigenvalue weighted by molar-refractivity contribution is 0.0691. The summed E-state index contributed by atoms with van der Waals surface area (Å²) in [5.74, 6) is -1.16. The average Bonchev–Trinajstić information content (AvgIpc) is 2.30. The Morgan fingerprint density at radius 2 is 2.24 bits per heavy atom. The lowest BCUT2D eigenvalue weighted by atomic mass is 10.1. The number of carboxylic acid groups (broad SMARTS) is 1. The monoisotopic (exact) mass is 233 g/mol. The van der Waals surface area contributed by atoms with Crippen LogP contribution in [0.1, 0.15) is 16.1 Å². The van der Waals surface area contributed by atoms with Gasteiger partial charge in [0.25, 0.3) is 0 Å². The second-order valence-electron chi connectivity index (χ2n) is 3.63. The zero-order valence-electron chi connectivity index (χ0n) is 9.19. The number of hydrogen-bond acceptors (Lipinski definition) is 3. The van der Waals surface area contributed by atoms with E-state index in [0.29, 0.717) is 17.5 Å². The molecule has 1 heterocycles. The molecule has 88 valence electrons. The largest absolute Gasteiger partial charge is 0.477 e. The molecule has 0 saturated heterocycles. The minimum atomic E-state index is -1.16. The SMILES string of the molecule is COCc1cccc2c(=O)cc(C(=O)O)[nH]c12. The van der Waals surface area contributed by atoms with E-state index in [1.807, 2.05) is 0 Å². The highest BCUT2D eigenvalue weighted by Gasteiger charge is 2.10. The van der Waals surface area contributed by atoms with Gasteiger partial charge in [-0.25, -0.2) is 4.79 Å². The molecule has 5 nitrogen and oxygen atoms in total. The Bertz CT molecular complexity index is 630. The van der Waals surface area contributed by atoms with Crippen molar-refractivity contribution in [2.75, 3.05) is 7.11 Å². The molecule has 0 atom stereocenters. The highest BCUT2D eigenvalue weighted by atomic mass is 16.5. The van der Waals surface area contributed by atoms with Crippen LogP contribution in [0, 0.1) is 0 Å². The van der Waals surface area contributed by atoms with Crippen LogP contribution >= 0.6 is 0 Å². The van der Waals surface area contributed by atoms with Crippen molar-refractivity contribution in [1.82, 2.24) is 4.98 Å². The number of aromatic nitrogens is 1. The number of aromatic carboxylic acids is 1. The summed E-state index contributed by atoms with van der Waals surface area (Å²) in [7, 11) is 1.54. The van der Waals surface area contributed by atoms with Crippen LogP contribution in [0.3, 0.4) is 0 Å². The van der Waals surface area contributed by atoms with Crippen LogP contribution in [0.5, 0.6) is 0 Å². The quantitative estimate of drug-likeness (QED) is 0.839. The second kappa shape index (κ2) is 4.39. The third-order valence-corrected chi connectivity index (χ3v) is 2.48. The number of hydrogen-bond donors (Lipinski definition) is 2. The molecular weight excluding hydrogens is 222 g/mol. The molecule has 0 spiro atoms. The molecule has 1 aromatic carbocycles. The van der Waals surface area contributed by atoms with E-state index in [1.54, 1.807) is 18.2 Å². The predicted octanol–water partition coefficient (Wildman–Crippen LogP) is 1.37. The zero-order valence-corrected chi connectivity index (χ0v) is 9.19. The van der Waals surface area contributed by atoms with E-state index in [0.717, 1.165) is 11.6 Å². The first-order valence-electron chi connectivity index (χ1n) is 5.00. The smallest absolute Gasteiger partial charge is 0.352 e. The Kier molecular flexibility index (Phi) is 2.93. The van der Waals surface area contributed by atoms with Gasteiger partial charge in [-0.05, 0) is 6.07 Å². The topological polar surface area (TPSA) is 79.4 Å². The summed E-state index contributed by atoms with van der Waals surface area (Å²) in [5, 5.41) is 9.35. The number of pyridine rings is 1. The van der Waals surface area contributed by atoms with Gasteiger partial charge in [0.05, 0.1) is 12.1 Å². The van der Waals surface area contributed by atoms with Gasteiger partial charge in [0, 0.05) is 24.1 Å². The molecule has 2 aromatic rings. The number of fused-ring (bicyclic) bond motifs is 1. The van der Waals surface area contributed by atoms with Crippen molar-refractivity contribution in [1.29, 1.82) is 0 Å². The summed E-state index contributed by atoms with van der Waals surface area (Å²) in [6.45, 7) is 0.316. The molecule has 1 aromatic heterocycles. The number of carboxylic acids is 1. The second-order valence-corrected chi connectivity index (χ2v) is 3.63. The Labute approximate surface area is 96.7 Å². The standard InChI is InChI=1S/C12H11NO4/c1-17-6-7-3-2-4-8-10(14)5-9(12(15)16)13-11(7)8/h2-5H,6H2,1H3,(H,13,14)(H,15,16). The Hall–Kier alpha value is -2.14. The minimum Gasteiger partial charge on any atom is -0.477 e. The predicted molar refractivity (Wildman–Crippen MR) is 62.2 cm³/mol. The van der Waals surface area contributed by atoms with Crippen LogP contribution < -0.4 is 5.43 Å². The fraction of sp³-hybridized carbons (Fsp3) is 0.167. The highest BCUT2D eigenvalue weighted by Crippen LogP contribution is 2.15. The van der Waals surface area contributed by atoms with Gasteiger partial charge in [0.15, 0.2) is 5.43 Å². The lowest BCUT2D eigenvalue weighted by Crippen LogP contribution is -2.10. The maximum Gasteiger partial charge on any atom is 0.352 e. The van der Waals surface area contributed by atoms with Crippen LogP contribution in [0.4, 0.5) is 0 Å². The van der Waals surface area contributed by atoms with Gasteiger partial charge < -0.3 is 14.8 Å². The van der Waals surface area contributed by atoms with Gasteiger partial charge in [0.2, 0.25) is 0 Å². The van der Waals surface area contributed by atoms with E-state index in [2.05, 4.69) is 4.98 Å². The van der Waals surface area contributed by atoms with Gasteiger partial charge in [0.1, 0.15) is 5.69 Å². The molecule has 5 heteroatoms. The molecule has 0 amide bonds. The van der Waals surface area contributed by atoms with Crippen molar-refractivity contribution < 1.29 is 14.6 Å². The lowest BCUT2D eigenvalue weighted by Gasteiger charge is -2.06. The summed E-state index contributed by atoms with van der Waals surface area (Å²) in [6, 6.07) is 6.26. The van der Waals surface area contributed by atoms with E-state index in [9.17, 15) is 9.59 Å². The number of benzene rings is 1. The van der Waals surface area contributed by atoms with Crippen LogP contribution in [0.2, 0.25) is 0 Å². The van der Waals surface area contributed by atoms with Crippen molar-refractivity contribution in [3.05, 3.63) is 45.7 Å². The van der Waals surface area contributed by atoms with Crippen molar-refractivity contribution in [3.63, 3.8) is 0 Å². The molecule has 0 aliphatic heterocycles. The molecule has 2 rings (SSSR count). The van der Waals surface area contributed by atoms with Gasteiger partial charge in [-0.3, -0.25) is 4.79 Å². The molecule has 0 aliphatic rings. The van der Waals surface area contributed by atoms with Crippen molar-refractivity contribution in [2.45, 2.75) is 6.61 Å². The van der Waals surface area contributed by atoms with E-state index >= 15 is 0 Å². The number of aromatic amines is 1. The third-order valence-electron chi connectivity index (χ3n) is 2.48. The van der Waals surface area contributed by atoms with Crippen molar-refractivity contribution >= 4 is 16.9 Å². The number of methoxy groups -OCH3 is 1. The van der Waals surface area contributed by atoms with Crippen molar-refractivity contribution in [3.8, 4) is 0 Å². The number of carbonyl (C=O) groups is 1. The Balaban J connectivity index is 2.78. The van der Waals surface area contributed by atoms with Crippen LogP contribution in [0.25, 0.3) is 10.9 Å². The van der Waals surface area contributed by atoms with Crippen LogP contribution in [-0.2, 0) is 11.3 Å². The van der Waals surface area contributed by atoms with E-state index < -0.39 is 5.97 Å². The van der Waals surface area contributed by atoms with E-state index in [1.165, 1.54) is 7.11 Å². The van der Waals surface area contributed by atoms with Gasteiger partial charge in [-0.15, -0.1) is 0 Å². The number of H-pyrrole nitrogens is 1. The summed E-state index contributed by atoms with van der Waals surface area (Å²) < 4.78 is 5.01. The Morgan fingerprint density at radius 3 is 2.88 bits per heavy atom. The highest BCUT2D eigenvalue weighted by molar-refractivity contribution is 5.90. The maximum absolute atomic E-state index is 11.7. The molecule has 0 bridgehead atoms. The number of para-hydroxylation sites is 1. The molecule has 0 fully saturated rings. The zero-order chi connectivity index (χ0) is 12.4. The van der Waals surface area contributed by atoms with Gasteiger partial charge >= 0.3 is 5.97 Å². The molecule has 17 heavy (non-hydrogen) atoms. The minimum absolute atomic E-state index is 0.119. The fourth-order valence-corrected chi connectivity index (χ4v) is 1.72. The Morgan fingerprint density at radius 1 is 1.47 bits per heavy atom. The van der Waals surface area contributed by atoms with Gasteiger partial charge in [-0.2, -0.15) is 0 Å². The number of nitrogens with one attached hydrogen (secondary N) is 1. The first kappa shape index (κ1) is 11.3.